The summed E-state index contributed by atoms with van der Waals surface area (Å²) in [5.41, 5.74) is 3.31. The molecule has 2 amide bonds. The van der Waals surface area contributed by atoms with Crippen molar-refractivity contribution in [3.63, 3.8) is 0 Å². The number of carboxylic acid groups (broad SMARTS) is 1. The van der Waals surface area contributed by atoms with Crippen molar-refractivity contribution in [2.24, 2.45) is 0 Å². The molecule has 8 nitrogen and oxygen atoms in total. The van der Waals surface area contributed by atoms with Crippen LogP contribution in [0, 0.1) is 0 Å². The summed E-state index contributed by atoms with van der Waals surface area (Å²) in [6, 6.07) is 16.4. The second-order valence-corrected chi connectivity index (χ2v) is 9.09. The summed E-state index contributed by atoms with van der Waals surface area (Å²) in [7, 11) is 0. The van der Waals surface area contributed by atoms with Crippen LogP contribution in [0.5, 0.6) is 0 Å². The van der Waals surface area contributed by atoms with E-state index in [0.717, 1.165) is 15.4 Å². The van der Waals surface area contributed by atoms with E-state index in [1.807, 2.05) is 23.6 Å². The molecule has 1 unspecified atom stereocenters. The standard InChI is InChI=1S/C24H24N2O6S/c1-24(2,3)32-23(31)25-26(18-7-4-6-17(14-18)19-8-5-13-33-19)21(28)16-11-9-15(10-12-16)20(27)22(29)30/h4-14,20,27H,1-3H3,(H,25,31)(H,29,30). The minimum Gasteiger partial charge on any atom is -0.479 e. The van der Waals surface area contributed by atoms with E-state index in [4.69, 9.17) is 9.84 Å². The Balaban J connectivity index is 1.95. The van der Waals surface area contributed by atoms with E-state index in [9.17, 15) is 19.5 Å². The lowest BCUT2D eigenvalue weighted by Crippen LogP contribution is -2.48. The topological polar surface area (TPSA) is 116 Å². The minimum absolute atomic E-state index is 0.130. The van der Waals surface area contributed by atoms with Crippen molar-refractivity contribution in [3.8, 4) is 10.4 Å². The molecule has 3 aromatic rings. The summed E-state index contributed by atoms with van der Waals surface area (Å²) in [5, 5.41) is 21.7. The number of hydrazine groups is 1. The third-order valence-corrected chi connectivity index (χ3v) is 5.34. The van der Waals surface area contributed by atoms with Gasteiger partial charge in [0, 0.05) is 10.4 Å². The maximum absolute atomic E-state index is 13.3. The lowest BCUT2D eigenvalue weighted by Gasteiger charge is -2.26. The third-order valence-electron chi connectivity index (χ3n) is 4.42. The van der Waals surface area contributed by atoms with Crippen LogP contribution in [0.1, 0.15) is 42.8 Å². The number of amides is 2. The molecular formula is C24H24N2O6S. The number of ether oxygens (including phenoxy) is 1. The van der Waals surface area contributed by atoms with Gasteiger partial charge >= 0.3 is 12.1 Å². The van der Waals surface area contributed by atoms with Gasteiger partial charge in [0.1, 0.15) is 5.60 Å². The van der Waals surface area contributed by atoms with E-state index >= 15 is 0 Å². The molecule has 0 aliphatic carbocycles. The number of aliphatic carboxylic acids is 1. The van der Waals surface area contributed by atoms with Crippen molar-refractivity contribution in [1.29, 1.82) is 0 Å². The highest BCUT2D eigenvalue weighted by Gasteiger charge is 2.25. The second kappa shape index (κ2) is 9.85. The maximum atomic E-state index is 13.3. The summed E-state index contributed by atoms with van der Waals surface area (Å²) < 4.78 is 5.31. The summed E-state index contributed by atoms with van der Waals surface area (Å²) in [6.45, 7) is 5.13. The summed E-state index contributed by atoms with van der Waals surface area (Å²) >= 11 is 1.54. The summed E-state index contributed by atoms with van der Waals surface area (Å²) in [5.74, 6) is -1.96. The Morgan fingerprint density at radius 2 is 1.73 bits per heavy atom. The molecular weight excluding hydrogens is 444 g/mol. The molecule has 0 radical (unpaired) electrons. The molecule has 0 saturated carbocycles. The van der Waals surface area contributed by atoms with Gasteiger partial charge in [-0.25, -0.2) is 20.0 Å². The van der Waals surface area contributed by atoms with Crippen LogP contribution in [0.2, 0.25) is 0 Å². The molecule has 2 aromatic carbocycles. The highest BCUT2D eigenvalue weighted by Crippen LogP contribution is 2.28. The molecule has 33 heavy (non-hydrogen) atoms. The predicted molar refractivity (Wildman–Crippen MR) is 125 cm³/mol. The molecule has 3 rings (SSSR count). The van der Waals surface area contributed by atoms with E-state index in [2.05, 4.69) is 5.43 Å². The molecule has 1 aromatic heterocycles. The lowest BCUT2D eigenvalue weighted by molar-refractivity contribution is -0.146. The van der Waals surface area contributed by atoms with Crippen molar-refractivity contribution >= 4 is 35.0 Å². The Labute approximate surface area is 195 Å². The van der Waals surface area contributed by atoms with Crippen molar-refractivity contribution in [2.45, 2.75) is 32.5 Å². The zero-order chi connectivity index (χ0) is 24.2. The molecule has 0 spiro atoms. The number of hydrogen-bond acceptors (Lipinski definition) is 6. The molecule has 9 heteroatoms. The van der Waals surface area contributed by atoms with Gasteiger partial charge in [-0.15, -0.1) is 11.3 Å². The van der Waals surface area contributed by atoms with Crippen molar-refractivity contribution in [2.75, 3.05) is 5.01 Å². The molecule has 0 saturated heterocycles. The van der Waals surface area contributed by atoms with Gasteiger partial charge in [0.25, 0.3) is 5.91 Å². The van der Waals surface area contributed by atoms with Crippen LogP contribution in [-0.2, 0) is 9.53 Å². The zero-order valence-electron chi connectivity index (χ0n) is 18.3. The van der Waals surface area contributed by atoms with Crippen molar-refractivity contribution in [3.05, 3.63) is 77.2 Å². The SMILES string of the molecule is CC(C)(C)OC(=O)NN(C(=O)c1ccc(C(O)C(=O)O)cc1)c1cccc(-c2cccs2)c1. The number of carboxylic acids is 1. The number of carbonyl (C=O) groups is 3. The Kier molecular flexibility index (Phi) is 7.15. The van der Waals surface area contributed by atoms with Crippen molar-refractivity contribution < 1.29 is 29.3 Å². The number of benzene rings is 2. The number of rotatable bonds is 5. The Morgan fingerprint density at radius 1 is 1.03 bits per heavy atom. The van der Waals surface area contributed by atoms with E-state index in [1.54, 1.807) is 50.3 Å². The normalized spacial score (nSPS) is 12.0. The Hall–Kier alpha value is -3.69. The molecule has 3 N–H and O–H groups in total. The monoisotopic (exact) mass is 468 g/mol. The number of aliphatic hydroxyl groups is 1. The van der Waals surface area contributed by atoms with E-state index in [1.165, 1.54) is 24.3 Å². The number of anilines is 1. The van der Waals surface area contributed by atoms with Gasteiger partial charge in [-0.1, -0.05) is 30.3 Å². The zero-order valence-corrected chi connectivity index (χ0v) is 19.1. The van der Waals surface area contributed by atoms with Crippen LogP contribution in [0.25, 0.3) is 10.4 Å². The van der Waals surface area contributed by atoms with Gasteiger partial charge in [-0.2, -0.15) is 0 Å². The predicted octanol–water partition coefficient (Wildman–Crippen LogP) is 4.62. The first-order valence-corrected chi connectivity index (χ1v) is 10.9. The molecule has 0 aliphatic heterocycles. The third kappa shape index (κ3) is 6.18. The quantitative estimate of drug-likeness (QED) is 0.471. The number of nitrogens with zero attached hydrogens (tertiary/aromatic N) is 1. The van der Waals surface area contributed by atoms with E-state index in [-0.39, 0.29) is 11.1 Å². The van der Waals surface area contributed by atoms with Gasteiger partial charge in [0.2, 0.25) is 0 Å². The fourth-order valence-corrected chi connectivity index (χ4v) is 3.67. The minimum atomic E-state index is -1.70. The van der Waals surface area contributed by atoms with E-state index in [0.29, 0.717) is 5.69 Å². The van der Waals surface area contributed by atoms with Crippen LogP contribution < -0.4 is 10.4 Å². The van der Waals surface area contributed by atoms with Gasteiger partial charge < -0.3 is 14.9 Å². The largest absolute Gasteiger partial charge is 0.479 e. The molecule has 1 heterocycles. The van der Waals surface area contributed by atoms with Crippen LogP contribution in [0.15, 0.2) is 66.0 Å². The van der Waals surface area contributed by atoms with Crippen LogP contribution in [0.4, 0.5) is 10.5 Å². The van der Waals surface area contributed by atoms with Crippen LogP contribution >= 0.6 is 11.3 Å². The van der Waals surface area contributed by atoms with Gasteiger partial charge in [0.15, 0.2) is 6.10 Å². The highest BCUT2D eigenvalue weighted by molar-refractivity contribution is 7.13. The lowest BCUT2D eigenvalue weighted by atomic mass is 10.1. The number of carbonyl (C=O) groups excluding carboxylic acids is 2. The molecule has 172 valence electrons. The second-order valence-electron chi connectivity index (χ2n) is 8.14. The fourth-order valence-electron chi connectivity index (χ4n) is 2.95. The first kappa shape index (κ1) is 24.0. The average Bonchev–Trinajstić information content (AvgIpc) is 3.30. The van der Waals surface area contributed by atoms with Gasteiger partial charge in [0.05, 0.1) is 5.69 Å². The first-order chi connectivity index (χ1) is 15.5. The Bertz CT molecular complexity index is 1140. The first-order valence-electron chi connectivity index (χ1n) is 10.0. The van der Waals surface area contributed by atoms with E-state index < -0.39 is 29.7 Å². The van der Waals surface area contributed by atoms with Gasteiger partial charge in [-0.05, 0) is 67.6 Å². The smallest absolute Gasteiger partial charge is 0.427 e. The number of aliphatic hydroxyl groups excluding tert-OH is 1. The summed E-state index contributed by atoms with van der Waals surface area (Å²) in [6.07, 6.45) is -2.51. The number of hydrogen-bond donors (Lipinski definition) is 3. The highest BCUT2D eigenvalue weighted by atomic mass is 32.1. The molecule has 0 bridgehead atoms. The van der Waals surface area contributed by atoms with Gasteiger partial charge in [-0.3, -0.25) is 4.79 Å². The average molecular weight is 469 g/mol. The Morgan fingerprint density at radius 3 is 2.30 bits per heavy atom. The van der Waals surface area contributed by atoms with Crippen LogP contribution in [0.3, 0.4) is 0 Å². The molecule has 0 aliphatic rings. The summed E-state index contributed by atoms with van der Waals surface area (Å²) in [4.78, 5) is 37.8. The maximum Gasteiger partial charge on any atom is 0.427 e. The molecule has 1 atom stereocenters. The number of nitrogens with one attached hydrogen (secondary N) is 1. The fraction of sp³-hybridized carbons (Fsp3) is 0.208. The number of thiophene rings is 1. The van der Waals surface area contributed by atoms with Crippen molar-refractivity contribution in [1.82, 2.24) is 5.43 Å². The van der Waals surface area contributed by atoms with Crippen LogP contribution in [-0.4, -0.2) is 33.8 Å². The molecule has 0 fully saturated rings.